The molecule has 5 heteroatoms. The standard InChI is InChI=1S/C11H15NO3S/c1-7-4-10(15-3)8(5-9(7)14-2)6-12-11(13)16/h4-5H,6H2,1-3H3,(H2,12,13,16). The minimum atomic E-state index is -0.374. The molecule has 0 aromatic heterocycles. The predicted molar refractivity (Wildman–Crippen MR) is 65.5 cm³/mol. The third kappa shape index (κ3) is 3.06. The van der Waals surface area contributed by atoms with Gasteiger partial charge >= 0.3 is 0 Å². The molecular weight excluding hydrogens is 226 g/mol. The second kappa shape index (κ2) is 5.65. The van der Waals surface area contributed by atoms with Gasteiger partial charge in [-0.25, -0.2) is 0 Å². The predicted octanol–water partition coefficient (Wildman–Crippen LogP) is 2.15. The van der Waals surface area contributed by atoms with Gasteiger partial charge in [0.15, 0.2) is 0 Å². The molecule has 0 spiro atoms. The number of aryl methyl sites for hydroxylation is 1. The Labute approximate surface area is 100 Å². The van der Waals surface area contributed by atoms with Crippen LogP contribution in [-0.4, -0.2) is 19.5 Å². The number of methoxy groups -OCH3 is 2. The molecule has 0 atom stereocenters. The van der Waals surface area contributed by atoms with Crippen LogP contribution in [0.15, 0.2) is 12.1 Å². The highest BCUT2D eigenvalue weighted by Crippen LogP contribution is 2.28. The maximum absolute atomic E-state index is 10.7. The second-order valence-electron chi connectivity index (χ2n) is 3.29. The molecule has 1 aromatic rings. The first-order valence-corrected chi connectivity index (χ1v) is 5.21. The average molecular weight is 241 g/mol. The molecule has 0 radical (unpaired) electrons. The Morgan fingerprint density at radius 1 is 1.31 bits per heavy atom. The number of ether oxygens (including phenoxy) is 2. The number of rotatable bonds is 4. The van der Waals surface area contributed by atoms with Crippen LogP contribution >= 0.6 is 12.6 Å². The fourth-order valence-electron chi connectivity index (χ4n) is 1.42. The number of hydrogen-bond acceptors (Lipinski definition) is 3. The van der Waals surface area contributed by atoms with Crippen molar-refractivity contribution in [1.82, 2.24) is 5.32 Å². The molecule has 0 aliphatic carbocycles. The van der Waals surface area contributed by atoms with E-state index in [0.29, 0.717) is 6.54 Å². The highest BCUT2D eigenvalue weighted by molar-refractivity contribution is 7.96. The molecule has 88 valence electrons. The lowest BCUT2D eigenvalue weighted by Crippen LogP contribution is -2.16. The summed E-state index contributed by atoms with van der Waals surface area (Å²) in [5, 5.41) is 2.22. The Hall–Kier alpha value is -1.36. The van der Waals surface area contributed by atoms with E-state index in [1.165, 1.54) is 0 Å². The SMILES string of the molecule is COc1cc(CNC(=O)S)c(OC)cc1C. The summed E-state index contributed by atoms with van der Waals surface area (Å²) < 4.78 is 10.4. The molecule has 0 aliphatic rings. The lowest BCUT2D eigenvalue weighted by molar-refractivity contribution is 0.260. The van der Waals surface area contributed by atoms with E-state index < -0.39 is 0 Å². The lowest BCUT2D eigenvalue weighted by atomic mass is 10.1. The van der Waals surface area contributed by atoms with Gasteiger partial charge in [0.25, 0.3) is 5.24 Å². The van der Waals surface area contributed by atoms with E-state index in [1.54, 1.807) is 14.2 Å². The molecule has 1 rings (SSSR count). The van der Waals surface area contributed by atoms with Gasteiger partial charge in [0, 0.05) is 12.1 Å². The normalized spacial score (nSPS) is 9.75. The van der Waals surface area contributed by atoms with Crippen molar-refractivity contribution in [2.45, 2.75) is 13.5 Å². The largest absolute Gasteiger partial charge is 0.496 e. The molecule has 0 aliphatic heterocycles. The Balaban J connectivity index is 2.99. The van der Waals surface area contributed by atoms with Gasteiger partial charge in [-0.3, -0.25) is 4.79 Å². The zero-order valence-corrected chi connectivity index (χ0v) is 10.4. The van der Waals surface area contributed by atoms with Crippen LogP contribution in [0.2, 0.25) is 0 Å². The Morgan fingerprint density at radius 3 is 2.44 bits per heavy atom. The number of hydrogen-bond donors (Lipinski definition) is 2. The van der Waals surface area contributed by atoms with Crippen molar-refractivity contribution in [3.63, 3.8) is 0 Å². The van der Waals surface area contributed by atoms with Crippen LogP contribution in [0.1, 0.15) is 11.1 Å². The van der Waals surface area contributed by atoms with Crippen LogP contribution in [0.4, 0.5) is 4.79 Å². The van der Waals surface area contributed by atoms with Crippen molar-refractivity contribution in [3.05, 3.63) is 23.3 Å². The summed E-state index contributed by atoms with van der Waals surface area (Å²) in [6, 6.07) is 3.72. The van der Waals surface area contributed by atoms with Gasteiger partial charge in [-0.05, 0) is 24.6 Å². The number of benzene rings is 1. The van der Waals surface area contributed by atoms with Crippen LogP contribution in [0.5, 0.6) is 11.5 Å². The van der Waals surface area contributed by atoms with Gasteiger partial charge in [0.05, 0.1) is 14.2 Å². The van der Waals surface area contributed by atoms with Crippen LogP contribution in [0.25, 0.3) is 0 Å². The quantitative estimate of drug-likeness (QED) is 0.794. The Morgan fingerprint density at radius 2 is 1.94 bits per heavy atom. The van der Waals surface area contributed by atoms with Gasteiger partial charge in [-0.1, -0.05) is 12.6 Å². The number of carbonyl (C=O) groups is 1. The van der Waals surface area contributed by atoms with Crippen molar-refractivity contribution in [2.75, 3.05) is 14.2 Å². The van der Waals surface area contributed by atoms with Crippen molar-refractivity contribution in [1.29, 1.82) is 0 Å². The zero-order valence-electron chi connectivity index (χ0n) is 9.53. The molecule has 0 bridgehead atoms. The Kier molecular flexibility index (Phi) is 4.49. The van der Waals surface area contributed by atoms with E-state index in [-0.39, 0.29) is 5.24 Å². The van der Waals surface area contributed by atoms with Crippen molar-refractivity contribution < 1.29 is 14.3 Å². The fraction of sp³-hybridized carbons (Fsp3) is 0.364. The number of amides is 1. The summed E-state index contributed by atoms with van der Waals surface area (Å²) in [6.07, 6.45) is 0. The molecule has 4 nitrogen and oxygen atoms in total. The first-order chi connectivity index (χ1) is 7.58. The first kappa shape index (κ1) is 12.7. The zero-order chi connectivity index (χ0) is 12.1. The molecule has 16 heavy (non-hydrogen) atoms. The highest BCUT2D eigenvalue weighted by Gasteiger charge is 2.08. The first-order valence-electron chi connectivity index (χ1n) is 4.76. The van der Waals surface area contributed by atoms with E-state index in [2.05, 4.69) is 17.9 Å². The average Bonchev–Trinajstić information content (AvgIpc) is 2.26. The molecule has 0 saturated heterocycles. The Bertz CT molecular complexity index is 393. The van der Waals surface area contributed by atoms with Crippen LogP contribution in [0, 0.1) is 6.92 Å². The van der Waals surface area contributed by atoms with Gasteiger partial charge in [0.2, 0.25) is 0 Å². The number of nitrogens with one attached hydrogen (secondary N) is 1. The van der Waals surface area contributed by atoms with Gasteiger partial charge in [-0.2, -0.15) is 0 Å². The summed E-state index contributed by atoms with van der Waals surface area (Å²) in [7, 11) is 3.20. The van der Waals surface area contributed by atoms with Crippen molar-refractivity contribution in [2.24, 2.45) is 0 Å². The van der Waals surface area contributed by atoms with Crippen molar-refractivity contribution >= 4 is 17.9 Å². The smallest absolute Gasteiger partial charge is 0.276 e. The van der Waals surface area contributed by atoms with E-state index in [0.717, 1.165) is 22.6 Å². The van der Waals surface area contributed by atoms with Crippen LogP contribution in [0.3, 0.4) is 0 Å². The second-order valence-corrected chi connectivity index (χ2v) is 3.70. The summed E-state index contributed by atoms with van der Waals surface area (Å²) in [4.78, 5) is 10.7. The maximum Gasteiger partial charge on any atom is 0.276 e. The monoisotopic (exact) mass is 241 g/mol. The molecule has 0 saturated carbocycles. The molecule has 0 heterocycles. The minimum absolute atomic E-state index is 0.363. The van der Waals surface area contributed by atoms with E-state index in [1.807, 2.05) is 19.1 Å². The van der Waals surface area contributed by atoms with Crippen LogP contribution < -0.4 is 14.8 Å². The molecule has 1 aromatic carbocycles. The summed E-state index contributed by atoms with van der Waals surface area (Å²) in [6.45, 7) is 2.30. The van der Waals surface area contributed by atoms with Gasteiger partial charge < -0.3 is 14.8 Å². The molecule has 1 N–H and O–H groups in total. The molecule has 0 unspecified atom stereocenters. The third-order valence-electron chi connectivity index (χ3n) is 2.23. The van der Waals surface area contributed by atoms with Gasteiger partial charge in [0.1, 0.15) is 11.5 Å². The van der Waals surface area contributed by atoms with Crippen LogP contribution in [-0.2, 0) is 6.54 Å². The number of thiol groups is 1. The maximum atomic E-state index is 10.7. The highest BCUT2D eigenvalue weighted by atomic mass is 32.1. The summed E-state index contributed by atoms with van der Waals surface area (Å²) in [5.74, 6) is 1.49. The lowest BCUT2D eigenvalue weighted by Gasteiger charge is -2.12. The van der Waals surface area contributed by atoms with Crippen molar-refractivity contribution in [3.8, 4) is 11.5 Å². The van der Waals surface area contributed by atoms with E-state index >= 15 is 0 Å². The molecular formula is C11H15NO3S. The minimum Gasteiger partial charge on any atom is -0.496 e. The van der Waals surface area contributed by atoms with E-state index in [4.69, 9.17) is 9.47 Å². The van der Waals surface area contributed by atoms with E-state index in [9.17, 15) is 4.79 Å². The topological polar surface area (TPSA) is 47.6 Å². The summed E-state index contributed by atoms with van der Waals surface area (Å²) >= 11 is 3.64. The molecule has 1 amide bonds. The summed E-state index contributed by atoms with van der Waals surface area (Å²) in [5.41, 5.74) is 1.84. The molecule has 0 fully saturated rings. The fourth-order valence-corrected chi connectivity index (χ4v) is 1.50. The number of carbonyl (C=O) groups excluding carboxylic acids is 1. The third-order valence-corrected chi connectivity index (χ3v) is 2.39. The van der Waals surface area contributed by atoms with Gasteiger partial charge in [-0.15, -0.1) is 0 Å².